The van der Waals surface area contributed by atoms with E-state index in [4.69, 9.17) is 4.74 Å². The van der Waals surface area contributed by atoms with Crippen LogP contribution in [0.5, 0.6) is 5.88 Å². The van der Waals surface area contributed by atoms with Gasteiger partial charge in [0.15, 0.2) is 5.82 Å². The Morgan fingerprint density at radius 1 is 1.24 bits per heavy atom. The van der Waals surface area contributed by atoms with Gasteiger partial charge in [0.05, 0.1) is 12.2 Å². The lowest BCUT2D eigenvalue weighted by Gasteiger charge is -2.36. The second-order valence-electron chi connectivity index (χ2n) is 7.15. The summed E-state index contributed by atoms with van der Waals surface area (Å²) in [5.41, 5.74) is 0.274. The van der Waals surface area contributed by atoms with E-state index in [-0.39, 0.29) is 30.5 Å². The highest BCUT2D eigenvalue weighted by Crippen LogP contribution is 2.33. The fourth-order valence-corrected chi connectivity index (χ4v) is 3.29. The number of carbonyl (C=O) groups excluding carboxylic acids is 1. The molecule has 0 aromatic carbocycles. The first-order valence-corrected chi connectivity index (χ1v) is 9.06. The molecule has 1 aliphatic heterocycles. The molecule has 11 heteroatoms. The number of alkyl halides is 3. The van der Waals surface area contributed by atoms with Crippen LogP contribution in [-0.2, 0) is 11.0 Å². The van der Waals surface area contributed by atoms with E-state index in [0.717, 1.165) is 6.07 Å². The van der Waals surface area contributed by atoms with Gasteiger partial charge in [-0.15, -0.1) is 0 Å². The molecule has 1 fully saturated rings. The highest BCUT2D eigenvalue weighted by atomic mass is 19.4. The summed E-state index contributed by atoms with van der Waals surface area (Å²) in [4.78, 5) is 25.8. The van der Waals surface area contributed by atoms with Crippen molar-refractivity contribution in [2.75, 3.05) is 29.1 Å². The molecule has 0 radical (unpaired) electrons. The van der Waals surface area contributed by atoms with Gasteiger partial charge in [0.1, 0.15) is 17.5 Å². The molecular weight excluding hydrogens is 389 g/mol. The van der Waals surface area contributed by atoms with Crippen LogP contribution in [0.25, 0.3) is 0 Å². The number of hydrogen-bond donors (Lipinski definition) is 2. The predicted molar refractivity (Wildman–Crippen MR) is 99.0 cm³/mol. The van der Waals surface area contributed by atoms with Gasteiger partial charge in [-0.1, -0.05) is 6.07 Å². The Hall–Kier alpha value is -3.11. The maximum atomic E-state index is 12.7. The van der Waals surface area contributed by atoms with Gasteiger partial charge in [-0.25, -0.2) is 9.97 Å². The summed E-state index contributed by atoms with van der Waals surface area (Å²) in [6.45, 7) is 2.00. The minimum atomic E-state index is -4.50. The number of fused-ring (bicyclic) bond motifs is 1. The molecule has 8 nitrogen and oxygen atoms in total. The van der Waals surface area contributed by atoms with Crippen molar-refractivity contribution in [1.82, 2.24) is 15.0 Å². The number of rotatable bonds is 4. The lowest BCUT2D eigenvalue weighted by atomic mass is 9.89. The number of nitrogens with zero attached hydrogens (tertiary/aromatic N) is 4. The predicted octanol–water partition coefficient (Wildman–Crippen LogP) is 2.61. The second kappa shape index (κ2) is 7.05. The van der Waals surface area contributed by atoms with Gasteiger partial charge >= 0.3 is 6.18 Å². The first kappa shape index (κ1) is 19.2. The molecule has 1 amide bonds. The number of ether oxygens (including phenoxy) is 1. The number of amides is 1. The molecule has 1 saturated carbocycles. The number of hydrogen-bond acceptors (Lipinski definition) is 7. The quantitative estimate of drug-likeness (QED) is 0.803. The fourth-order valence-electron chi connectivity index (χ4n) is 3.29. The minimum absolute atomic E-state index is 0.0340. The van der Waals surface area contributed by atoms with Crippen LogP contribution in [0.4, 0.5) is 30.6 Å². The van der Waals surface area contributed by atoms with Crippen LogP contribution >= 0.6 is 0 Å². The summed E-state index contributed by atoms with van der Waals surface area (Å²) < 4.78 is 43.8. The number of anilines is 3. The zero-order chi connectivity index (χ0) is 20.8. The smallest absolute Gasteiger partial charge is 0.433 e. The summed E-state index contributed by atoms with van der Waals surface area (Å²) in [6.07, 6.45) is -3.56. The van der Waals surface area contributed by atoms with Crippen molar-refractivity contribution in [1.29, 1.82) is 0 Å². The van der Waals surface area contributed by atoms with Gasteiger partial charge < -0.3 is 20.3 Å². The Balaban J connectivity index is 1.36. The van der Waals surface area contributed by atoms with Gasteiger partial charge in [-0.3, -0.25) is 4.79 Å². The fraction of sp³-hybridized carbons (Fsp3) is 0.444. The molecule has 3 heterocycles. The number of carbonyl (C=O) groups is 1. The lowest BCUT2D eigenvalue weighted by molar-refractivity contribution is -0.141. The molecular formula is C18H19F3N6O2. The Labute approximate surface area is 164 Å². The van der Waals surface area contributed by atoms with Crippen LogP contribution in [0.3, 0.4) is 0 Å². The molecule has 4 rings (SSSR count). The highest BCUT2D eigenvalue weighted by Gasteiger charge is 2.35. The van der Waals surface area contributed by atoms with Crippen molar-refractivity contribution in [2.45, 2.75) is 38.1 Å². The Bertz CT molecular complexity index is 946. The summed E-state index contributed by atoms with van der Waals surface area (Å²) in [5.74, 6) is 0.917. The Morgan fingerprint density at radius 3 is 2.72 bits per heavy atom. The summed E-state index contributed by atoms with van der Waals surface area (Å²) in [5, 5.41) is 5.99. The lowest BCUT2D eigenvalue weighted by Crippen LogP contribution is -2.43. The van der Waals surface area contributed by atoms with E-state index < -0.39 is 11.9 Å². The van der Waals surface area contributed by atoms with Crippen LogP contribution in [0.15, 0.2) is 18.2 Å². The summed E-state index contributed by atoms with van der Waals surface area (Å²) >= 11 is 0. The van der Waals surface area contributed by atoms with Crippen molar-refractivity contribution < 1.29 is 22.7 Å². The molecule has 0 bridgehead atoms. The highest BCUT2D eigenvalue weighted by molar-refractivity contribution is 6.00. The number of pyridine rings is 1. The normalized spacial score (nSPS) is 21.1. The van der Waals surface area contributed by atoms with Gasteiger partial charge in [-0.05, 0) is 13.0 Å². The number of aryl methyl sites for hydroxylation is 1. The number of likely N-dealkylation sites (N-methyl/N-ethyl adjacent to an activating group) is 1. The monoisotopic (exact) mass is 408 g/mol. The van der Waals surface area contributed by atoms with Crippen LogP contribution in [-0.4, -0.2) is 46.6 Å². The van der Waals surface area contributed by atoms with Gasteiger partial charge in [-0.2, -0.15) is 18.2 Å². The first-order chi connectivity index (χ1) is 13.7. The van der Waals surface area contributed by atoms with Crippen molar-refractivity contribution in [3.63, 3.8) is 0 Å². The third kappa shape index (κ3) is 4.03. The van der Waals surface area contributed by atoms with Crippen molar-refractivity contribution in [2.24, 2.45) is 0 Å². The topological polar surface area (TPSA) is 92.3 Å². The Morgan fingerprint density at radius 2 is 2.00 bits per heavy atom. The van der Waals surface area contributed by atoms with E-state index >= 15 is 0 Å². The van der Waals surface area contributed by atoms with Crippen LogP contribution in [0.1, 0.15) is 24.2 Å². The van der Waals surface area contributed by atoms with E-state index in [1.165, 1.54) is 12.1 Å². The molecule has 2 aromatic heterocycles. The van der Waals surface area contributed by atoms with E-state index in [9.17, 15) is 18.0 Å². The molecule has 29 heavy (non-hydrogen) atoms. The van der Waals surface area contributed by atoms with Crippen LogP contribution < -0.4 is 20.3 Å². The Kier molecular flexibility index (Phi) is 4.67. The zero-order valence-electron chi connectivity index (χ0n) is 15.7. The summed E-state index contributed by atoms with van der Waals surface area (Å²) in [7, 11) is 1.78. The summed E-state index contributed by atoms with van der Waals surface area (Å²) in [6, 6.07) is 3.63. The average molecular weight is 408 g/mol. The van der Waals surface area contributed by atoms with E-state index in [2.05, 4.69) is 25.6 Å². The van der Waals surface area contributed by atoms with Crippen LogP contribution in [0, 0.1) is 6.92 Å². The standard InChI is InChI=1S/C18H19F3N6O2/c1-9-15-16(27(2)8-13(28)25-15)26-17(22-9)23-10-6-11(7-10)29-14-5-3-4-12(24-14)18(19,20)21/h3-5,10-11H,6-8H2,1-2H3,(H,25,28)(H,22,23,26)/t10-,11-. The van der Waals surface area contributed by atoms with Crippen molar-refractivity contribution in [3.8, 4) is 5.88 Å². The van der Waals surface area contributed by atoms with Gasteiger partial charge in [0.2, 0.25) is 17.7 Å². The van der Waals surface area contributed by atoms with Crippen LogP contribution in [0.2, 0.25) is 0 Å². The SMILES string of the molecule is Cc1nc(N[C@H]2C[C@H](Oc3cccc(C(F)(F)F)n3)C2)nc2c1NC(=O)CN2C. The number of halogens is 3. The second-order valence-corrected chi connectivity index (χ2v) is 7.15. The van der Waals surface area contributed by atoms with Gasteiger partial charge in [0.25, 0.3) is 0 Å². The van der Waals surface area contributed by atoms with E-state index in [0.29, 0.717) is 36.0 Å². The number of aromatic nitrogens is 3. The largest absolute Gasteiger partial charge is 0.474 e. The molecule has 0 atom stereocenters. The van der Waals surface area contributed by atoms with E-state index in [1.807, 2.05) is 0 Å². The molecule has 0 spiro atoms. The number of nitrogens with one attached hydrogen (secondary N) is 2. The maximum Gasteiger partial charge on any atom is 0.433 e. The first-order valence-electron chi connectivity index (χ1n) is 9.06. The van der Waals surface area contributed by atoms with Gasteiger partial charge in [0, 0.05) is 32.0 Å². The third-order valence-electron chi connectivity index (χ3n) is 4.81. The zero-order valence-corrected chi connectivity index (χ0v) is 15.7. The molecule has 1 aliphatic carbocycles. The minimum Gasteiger partial charge on any atom is -0.474 e. The third-order valence-corrected chi connectivity index (χ3v) is 4.81. The molecule has 2 aromatic rings. The average Bonchev–Trinajstić information content (AvgIpc) is 2.60. The molecule has 154 valence electrons. The molecule has 0 unspecified atom stereocenters. The van der Waals surface area contributed by atoms with Crippen molar-refractivity contribution >= 4 is 23.4 Å². The molecule has 0 saturated heterocycles. The molecule has 2 aliphatic rings. The van der Waals surface area contributed by atoms with E-state index in [1.54, 1.807) is 18.9 Å². The van der Waals surface area contributed by atoms with Crippen molar-refractivity contribution in [3.05, 3.63) is 29.6 Å². The molecule has 2 N–H and O–H groups in total. The maximum absolute atomic E-state index is 12.7.